The molecule has 0 unspecified atom stereocenters. The summed E-state index contributed by atoms with van der Waals surface area (Å²) in [5.41, 5.74) is 0.770. The average molecular weight is 363 g/mol. The topological polar surface area (TPSA) is 76.5 Å². The van der Waals surface area contributed by atoms with Crippen molar-refractivity contribution in [3.05, 3.63) is 70.7 Å². The van der Waals surface area contributed by atoms with Crippen LogP contribution in [-0.4, -0.2) is 24.7 Å². The van der Waals surface area contributed by atoms with Crippen LogP contribution < -0.4 is 5.56 Å². The number of pyridine rings is 2. The van der Waals surface area contributed by atoms with Crippen LogP contribution >= 0.6 is 0 Å². The van der Waals surface area contributed by atoms with Crippen molar-refractivity contribution >= 4 is 10.9 Å². The van der Waals surface area contributed by atoms with Gasteiger partial charge in [-0.25, -0.2) is 14.4 Å². The first-order chi connectivity index (χ1) is 13.0. The normalized spacial score (nSPS) is 11.4. The lowest BCUT2D eigenvalue weighted by Gasteiger charge is -2.08. The molecule has 0 amide bonds. The SMILES string of the molecule is CC(C)Cc1nc(-c2cc(=O)[nH]c3ccc(F)cc23)n(-c2ccccn2)n1. The molecule has 0 aliphatic rings. The number of benzene rings is 1. The fourth-order valence-electron chi connectivity index (χ4n) is 3.03. The zero-order chi connectivity index (χ0) is 19.0. The molecule has 0 fully saturated rings. The Labute approximate surface area is 154 Å². The number of aromatic amines is 1. The number of rotatable bonds is 4. The molecule has 0 saturated heterocycles. The molecule has 0 saturated carbocycles. The largest absolute Gasteiger partial charge is 0.322 e. The van der Waals surface area contributed by atoms with Crippen LogP contribution in [0, 0.1) is 11.7 Å². The van der Waals surface area contributed by atoms with Crippen LogP contribution in [-0.2, 0) is 6.42 Å². The number of H-pyrrole nitrogens is 1. The van der Waals surface area contributed by atoms with Gasteiger partial charge in [0.25, 0.3) is 0 Å². The summed E-state index contributed by atoms with van der Waals surface area (Å²) in [7, 11) is 0. The van der Waals surface area contributed by atoms with Crippen molar-refractivity contribution in [2.24, 2.45) is 5.92 Å². The van der Waals surface area contributed by atoms with E-state index in [4.69, 9.17) is 0 Å². The Morgan fingerprint density at radius 3 is 2.78 bits per heavy atom. The van der Waals surface area contributed by atoms with Crippen molar-refractivity contribution in [3.8, 4) is 17.2 Å². The van der Waals surface area contributed by atoms with Crippen LogP contribution in [0.25, 0.3) is 28.1 Å². The lowest BCUT2D eigenvalue weighted by atomic mass is 10.1. The van der Waals surface area contributed by atoms with Gasteiger partial charge in [0.1, 0.15) is 5.82 Å². The highest BCUT2D eigenvalue weighted by Crippen LogP contribution is 2.27. The molecule has 136 valence electrons. The van der Waals surface area contributed by atoms with E-state index in [2.05, 4.69) is 33.9 Å². The third-order valence-corrected chi connectivity index (χ3v) is 4.15. The second-order valence-corrected chi connectivity index (χ2v) is 6.79. The van der Waals surface area contributed by atoms with E-state index >= 15 is 0 Å². The Balaban J connectivity index is 2.01. The minimum atomic E-state index is -0.387. The first-order valence-corrected chi connectivity index (χ1v) is 8.71. The summed E-state index contributed by atoms with van der Waals surface area (Å²) in [5, 5.41) is 5.16. The molecular weight excluding hydrogens is 345 g/mol. The smallest absolute Gasteiger partial charge is 0.249 e. The highest BCUT2D eigenvalue weighted by atomic mass is 19.1. The molecule has 0 aliphatic carbocycles. The van der Waals surface area contributed by atoms with Crippen molar-refractivity contribution in [3.63, 3.8) is 0 Å². The molecule has 0 radical (unpaired) electrons. The maximum Gasteiger partial charge on any atom is 0.249 e. The number of hydrogen-bond acceptors (Lipinski definition) is 4. The molecule has 0 bridgehead atoms. The minimum absolute atomic E-state index is 0.287. The molecule has 6 nitrogen and oxygen atoms in total. The highest BCUT2D eigenvalue weighted by Gasteiger charge is 2.18. The van der Waals surface area contributed by atoms with Crippen LogP contribution in [0.3, 0.4) is 0 Å². The lowest BCUT2D eigenvalue weighted by Crippen LogP contribution is -2.08. The minimum Gasteiger partial charge on any atom is -0.322 e. The summed E-state index contributed by atoms with van der Waals surface area (Å²) in [6.45, 7) is 4.16. The second-order valence-electron chi connectivity index (χ2n) is 6.79. The Morgan fingerprint density at radius 2 is 2.04 bits per heavy atom. The van der Waals surface area contributed by atoms with E-state index < -0.39 is 0 Å². The van der Waals surface area contributed by atoms with Crippen LogP contribution in [0.4, 0.5) is 4.39 Å². The highest BCUT2D eigenvalue weighted by molar-refractivity contribution is 5.92. The number of halogens is 1. The van der Waals surface area contributed by atoms with Gasteiger partial charge < -0.3 is 4.98 Å². The summed E-state index contributed by atoms with van der Waals surface area (Å²) >= 11 is 0. The van der Waals surface area contributed by atoms with Gasteiger partial charge in [0, 0.05) is 35.2 Å². The summed E-state index contributed by atoms with van der Waals surface area (Å²) in [4.78, 5) is 23.9. The average Bonchev–Trinajstić information content (AvgIpc) is 3.05. The zero-order valence-corrected chi connectivity index (χ0v) is 15.0. The molecular formula is C20H18FN5O. The molecule has 4 aromatic rings. The molecule has 0 aliphatic heterocycles. The van der Waals surface area contributed by atoms with Crippen molar-refractivity contribution in [2.75, 3.05) is 0 Å². The van der Waals surface area contributed by atoms with Gasteiger partial charge in [-0.1, -0.05) is 19.9 Å². The number of fused-ring (bicyclic) bond motifs is 1. The molecule has 1 aromatic carbocycles. The molecule has 0 spiro atoms. The summed E-state index contributed by atoms with van der Waals surface area (Å²) in [6, 6.07) is 11.2. The fourth-order valence-corrected chi connectivity index (χ4v) is 3.03. The van der Waals surface area contributed by atoms with Gasteiger partial charge in [-0.15, -0.1) is 5.10 Å². The zero-order valence-electron chi connectivity index (χ0n) is 15.0. The number of nitrogens with zero attached hydrogens (tertiary/aromatic N) is 4. The Bertz CT molecular complexity index is 1160. The van der Waals surface area contributed by atoms with Crippen molar-refractivity contribution in [2.45, 2.75) is 20.3 Å². The monoisotopic (exact) mass is 363 g/mol. The molecule has 4 rings (SSSR count). The standard InChI is InChI=1S/C20H18FN5O/c1-12(2)9-17-24-20(26(25-17)18-5-3-4-8-22-18)15-11-19(27)23-16-7-6-13(21)10-14(15)16/h3-8,10-12H,9H2,1-2H3,(H,23,27). The van der Waals surface area contributed by atoms with Gasteiger partial charge in [-0.2, -0.15) is 4.68 Å². The molecule has 1 N–H and O–H groups in total. The first-order valence-electron chi connectivity index (χ1n) is 8.71. The summed E-state index contributed by atoms with van der Waals surface area (Å²) in [5.74, 6) is 1.68. The maximum atomic E-state index is 13.9. The van der Waals surface area contributed by atoms with Gasteiger partial charge in [0.05, 0.1) is 0 Å². The fraction of sp³-hybridized carbons (Fsp3) is 0.200. The number of nitrogens with one attached hydrogen (secondary N) is 1. The second kappa shape index (κ2) is 6.75. The Kier molecular flexibility index (Phi) is 4.27. The van der Waals surface area contributed by atoms with Crippen LogP contribution in [0.15, 0.2) is 53.5 Å². The third-order valence-electron chi connectivity index (χ3n) is 4.15. The third kappa shape index (κ3) is 3.36. The quantitative estimate of drug-likeness (QED) is 0.602. The van der Waals surface area contributed by atoms with Gasteiger partial charge in [-0.3, -0.25) is 4.79 Å². The lowest BCUT2D eigenvalue weighted by molar-refractivity contribution is 0.618. The van der Waals surface area contributed by atoms with Crippen LogP contribution in [0.1, 0.15) is 19.7 Å². The van der Waals surface area contributed by atoms with Gasteiger partial charge in [0.2, 0.25) is 5.56 Å². The first kappa shape index (κ1) is 17.1. The van der Waals surface area contributed by atoms with E-state index in [1.165, 1.54) is 18.2 Å². The molecule has 0 atom stereocenters. The number of hydrogen-bond donors (Lipinski definition) is 1. The van der Waals surface area contributed by atoms with E-state index in [9.17, 15) is 9.18 Å². The molecule has 3 aromatic heterocycles. The van der Waals surface area contributed by atoms with Gasteiger partial charge >= 0.3 is 0 Å². The molecule has 3 heterocycles. The predicted octanol–water partition coefficient (Wildman–Crippen LogP) is 3.51. The summed E-state index contributed by atoms with van der Waals surface area (Å²) < 4.78 is 15.5. The van der Waals surface area contributed by atoms with Crippen molar-refractivity contribution < 1.29 is 4.39 Å². The van der Waals surface area contributed by atoms with E-state index in [0.717, 1.165) is 0 Å². The van der Waals surface area contributed by atoms with E-state index in [-0.39, 0.29) is 11.4 Å². The Hall–Kier alpha value is -3.35. The van der Waals surface area contributed by atoms with E-state index in [0.29, 0.717) is 46.3 Å². The van der Waals surface area contributed by atoms with Crippen LogP contribution in [0.5, 0.6) is 0 Å². The molecule has 7 heteroatoms. The molecule has 27 heavy (non-hydrogen) atoms. The van der Waals surface area contributed by atoms with Crippen molar-refractivity contribution in [1.82, 2.24) is 24.7 Å². The van der Waals surface area contributed by atoms with E-state index in [1.54, 1.807) is 16.9 Å². The Morgan fingerprint density at radius 1 is 1.19 bits per heavy atom. The predicted molar refractivity (Wildman–Crippen MR) is 101 cm³/mol. The van der Waals surface area contributed by atoms with Crippen LogP contribution in [0.2, 0.25) is 0 Å². The summed E-state index contributed by atoms with van der Waals surface area (Å²) in [6.07, 6.45) is 2.35. The maximum absolute atomic E-state index is 13.9. The van der Waals surface area contributed by atoms with Gasteiger partial charge in [-0.05, 0) is 36.2 Å². The van der Waals surface area contributed by atoms with Gasteiger partial charge in [0.15, 0.2) is 17.5 Å². The number of aromatic nitrogens is 5. The van der Waals surface area contributed by atoms with Crippen molar-refractivity contribution in [1.29, 1.82) is 0 Å². The van der Waals surface area contributed by atoms with E-state index in [1.807, 2.05) is 18.2 Å².